The lowest BCUT2D eigenvalue weighted by Crippen LogP contribution is -2.31. The second-order valence-electron chi connectivity index (χ2n) is 8.30. The number of carbonyl (C=O) groups is 2. The van der Waals surface area contributed by atoms with Crippen molar-refractivity contribution in [1.82, 2.24) is 5.32 Å². The first-order valence-corrected chi connectivity index (χ1v) is 12.3. The number of allylic oxidation sites excluding steroid dienone is 3. The molecule has 2 aromatic carbocycles. The third kappa shape index (κ3) is 5.64. The number of benzene rings is 2. The first-order valence-electron chi connectivity index (χ1n) is 11.9. The van der Waals surface area contributed by atoms with Crippen LogP contribution < -0.4 is 24.4 Å². The summed E-state index contributed by atoms with van der Waals surface area (Å²) in [5, 5.41) is 2.65. The molecule has 0 saturated heterocycles. The van der Waals surface area contributed by atoms with E-state index in [0.717, 1.165) is 30.0 Å². The average Bonchev–Trinajstić information content (AvgIpc) is 2.90. The van der Waals surface area contributed by atoms with Gasteiger partial charge in [0.15, 0.2) is 11.5 Å². The largest absolute Gasteiger partial charge is 0.493 e. The van der Waals surface area contributed by atoms with E-state index in [1.807, 2.05) is 19.1 Å². The van der Waals surface area contributed by atoms with E-state index in [1.165, 1.54) is 33.5 Å². The summed E-state index contributed by atoms with van der Waals surface area (Å²) in [6.45, 7) is 9.74. The van der Waals surface area contributed by atoms with E-state index in [4.69, 9.17) is 30.8 Å². The highest BCUT2D eigenvalue weighted by Crippen LogP contribution is 2.40. The molecule has 196 valence electrons. The summed E-state index contributed by atoms with van der Waals surface area (Å²) in [4.78, 5) is 33.1. The van der Waals surface area contributed by atoms with Crippen LogP contribution in [0.15, 0.2) is 57.7 Å². The number of anilines is 1. The fraction of sp³-hybridized carbons (Fsp3) is 0.321. The summed E-state index contributed by atoms with van der Waals surface area (Å²) >= 11 is 6.38. The number of rotatable bonds is 9. The third-order valence-corrected chi connectivity index (χ3v) is 6.64. The Morgan fingerprint density at radius 2 is 1.68 bits per heavy atom. The van der Waals surface area contributed by atoms with Crippen LogP contribution in [0.3, 0.4) is 0 Å². The van der Waals surface area contributed by atoms with Gasteiger partial charge in [0.05, 0.1) is 49.0 Å². The van der Waals surface area contributed by atoms with Gasteiger partial charge in [0.2, 0.25) is 11.5 Å². The van der Waals surface area contributed by atoms with Gasteiger partial charge in [-0.1, -0.05) is 11.6 Å². The fourth-order valence-electron chi connectivity index (χ4n) is 4.07. The summed E-state index contributed by atoms with van der Waals surface area (Å²) < 4.78 is 16.0. The Labute approximate surface area is 222 Å². The van der Waals surface area contributed by atoms with Crippen molar-refractivity contribution in [2.45, 2.75) is 27.7 Å². The lowest BCUT2D eigenvalue weighted by atomic mass is 10.0. The van der Waals surface area contributed by atoms with Crippen molar-refractivity contribution in [2.24, 2.45) is 4.99 Å². The minimum atomic E-state index is -0.569. The van der Waals surface area contributed by atoms with E-state index >= 15 is 0 Å². The molecule has 2 aromatic rings. The number of hydrogen-bond donors (Lipinski definition) is 1. The minimum Gasteiger partial charge on any atom is -0.493 e. The predicted octanol–water partition coefficient (Wildman–Crippen LogP) is 5.35. The lowest BCUT2D eigenvalue weighted by molar-refractivity contribution is -0.112. The third-order valence-electron chi connectivity index (χ3n) is 6.19. The molecule has 8 nitrogen and oxygen atoms in total. The van der Waals surface area contributed by atoms with Crippen LogP contribution in [0.4, 0.5) is 11.4 Å². The highest BCUT2D eigenvalue weighted by molar-refractivity contribution is 6.49. The topological polar surface area (TPSA) is 89.5 Å². The number of amides is 1. The molecule has 0 bridgehead atoms. The van der Waals surface area contributed by atoms with Crippen LogP contribution in [0.1, 0.15) is 36.7 Å². The standard InChI is InChI=1S/C28H32ClN3O5/c1-8-32(9-2)18-10-12-20(16(3)14-18)30-21-15-22(25(33)24(29)17(21)4)31-28(34)19-11-13-23(35-5)27(37-7)26(19)36-6/h10-15H,8-9H2,1-7H3,(H,31,34)/b30-21+. The molecular weight excluding hydrogens is 494 g/mol. The van der Waals surface area contributed by atoms with Crippen molar-refractivity contribution >= 4 is 40.4 Å². The Morgan fingerprint density at radius 1 is 1.00 bits per heavy atom. The van der Waals surface area contributed by atoms with Crippen LogP contribution in [-0.2, 0) is 4.79 Å². The molecule has 1 N–H and O–H groups in total. The number of ether oxygens (including phenoxy) is 3. The molecule has 0 unspecified atom stereocenters. The Bertz CT molecular complexity index is 1310. The maximum Gasteiger partial charge on any atom is 0.259 e. The van der Waals surface area contributed by atoms with Crippen LogP contribution in [0.25, 0.3) is 0 Å². The maximum absolute atomic E-state index is 13.2. The van der Waals surface area contributed by atoms with Crippen LogP contribution in [0.5, 0.6) is 17.2 Å². The molecule has 0 spiro atoms. The molecule has 3 rings (SSSR count). The number of methoxy groups -OCH3 is 3. The molecule has 0 saturated carbocycles. The number of halogens is 1. The van der Waals surface area contributed by atoms with Gasteiger partial charge in [0.25, 0.3) is 5.91 Å². The summed E-state index contributed by atoms with van der Waals surface area (Å²) in [6.07, 6.45) is 1.53. The number of nitrogens with zero attached hydrogens (tertiary/aromatic N) is 2. The minimum absolute atomic E-state index is 0.00626. The highest BCUT2D eigenvalue weighted by Gasteiger charge is 2.28. The molecule has 0 aromatic heterocycles. The van der Waals surface area contributed by atoms with Crippen LogP contribution in [0, 0.1) is 6.92 Å². The molecule has 0 aliphatic heterocycles. The molecule has 1 aliphatic carbocycles. The molecule has 1 amide bonds. The van der Waals surface area contributed by atoms with Crippen LogP contribution in [0.2, 0.25) is 0 Å². The zero-order valence-electron chi connectivity index (χ0n) is 22.2. The quantitative estimate of drug-likeness (QED) is 0.444. The van der Waals surface area contributed by atoms with Crippen molar-refractivity contribution in [3.8, 4) is 17.2 Å². The summed E-state index contributed by atoms with van der Waals surface area (Å²) in [5.41, 5.74) is 4.02. The number of aryl methyl sites for hydroxylation is 1. The van der Waals surface area contributed by atoms with Crippen LogP contribution >= 0.6 is 11.6 Å². The van der Waals surface area contributed by atoms with Crippen molar-refractivity contribution in [1.29, 1.82) is 0 Å². The number of hydrogen-bond acceptors (Lipinski definition) is 7. The number of Topliss-reactive ketones (excluding diaryl/α,β-unsaturated/α-hetero) is 1. The normalized spacial score (nSPS) is 14.4. The number of carbonyl (C=O) groups excluding carboxylic acids is 2. The van der Waals surface area contributed by atoms with Gasteiger partial charge in [-0.15, -0.1) is 0 Å². The fourth-order valence-corrected chi connectivity index (χ4v) is 4.27. The van der Waals surface area contributed by atoms with E-state index in [2.05, 4.69) is 30.1 Å². The predicted molar refractivity (Wildman–Crippen MR) is 147 cm³/mol. The molecule has 0 heterocycles. The summed E-state index contributed by atoms with van der Waals surface area (Å²) in [7, 11) is 4.35. The Balaban J connectivity index is 1.99. The molecule has 9 heteroatoms. The summed E-state index contributed by atoms with van der Waals surface area (Å²) in [5.74, 6) is -0.220. The van der Waals surface area contributed by atoms with Gasteiger partial charge in [-0.2, -0.15) is 0 Å². The highest BCUT2D eigenvalue weighted by atomic mass is 35.5. The molecular formula is C28H32ClN3O5. The van der Waals surface area contributed by atoms with Gasteiger partial charge in [-0.05, 0) is 75.2 Å². The van der Waals surface area contributed by atoms with Crippen molar-refractivity contribution in [3.05, 3.63) is 63.8 Å². The lowest BCUT2D eigenvalue weighted by Gasteiger charge is -2.22. The molecule has 0 fully saturated rings. The van der Waals surface area contributed by atoms with E-state index in [0.29, 0.717) is 17.0 Å². The maximum atomic E-state index is 13.2. The Hall–Kier alpha value is -3.78. The van der Waals surface area contributed by atoms with Crippen LogP contribution in [-0.4, -0.2) is 51.8 Å². The van der Waals surface area contributed by atoms with Crippen molar-refractivity contribution < 1.29 is 23.8 Å². The van der Waals surface area contributed by atoms with Gasteiger partial charge in [-0.25, -0.2) is 4.99 Å². The van der Waals surface area contributed by atoms with E-state index in [1.54, 1.807) is 13.0 Å². The first kappa shape index (κ1) is 27.8. The SMILES string of the molecule is CCN(CC)c1ccc(/N=C2\C=C(NC(=O)c3ccc(OC)c(OC)c3OC)C(=O)C(Cl)=C2C)c(C)c1. The number of ketones is 1. The summed E-state index contributed by atoms with van der Waals surface area (Å²) in [6, 6.07) is 9.15. The zero-order chi connectivity index (χ0) is 27.3. The van der Waals surface area contributed by atoms with Gasteiger partial charge >= 0.3 is 0 Å². The molecule has 0 radical (unpaired) electrons. The molecule has 1 aliphatic rings. The second-order valence-corrected chi connectivity index (χ2v) is 8.68. The van der Waals surface area contributed by atoms with E-state index < -0.39 is 11.7 Å². The second kappa shape index (κ2) is 12.0. The first-order chi connectivity index (χ1) is 17.7. The molecule has 0 atom stereocenters. The van der Waals surface area contributed by atoms with Gasteiger partial charge in [0.1, 0.15) is 0 Å². The monoisotopic (exact) mass is 525 g/mol. The zero-order valence-corrected chi connectivity index (χ0v) is 22.9. The smallest absolute Gasteiger partial charge is 0.259 e. The average molecular weight is 526 g/mol. The van der Waals surface area contributed by atoms with Crippen molar-refractivity contribution in [2.75, 3.05) is 39.3 Å². The number of nitrogens with one attached hydrogen (secondary N) is 1. The Morgan fingerprint density at radius 3 is 2.24 bits per heavy atom. The van der Waals surface area contributed by atoms with Crippen molar-refractivity contribution in [3.63, 3.8) is 0 Å². The Kier molecular flexibility index (Phi) is 8.99. The van der Waals surface area contributed by atoms with Gasteiger partial charge < -0.3 is 24.4 Å². The van der Waals surface area contributed by atoms with Gasteiger partial charge in [-0.3, -0.25) is 9.59 Å². The van der Waals surface area contributed by atoms with Gasteiger partial charge in [0, 0.05) is 18.8 Å². The van der Waals surface area contributed by atoms with E-state index in [9.17, 15) is 9.59 Å². The molecule has 37 heavy (non-hydrogen) atoms. The van der Waals surface area contributed by atoms with E-state index in [-0.39, 0.29) is 27.8 Å². The number of aliphatic imine (C=N–C) groups is 1.